The van der Waals surface area contributed by atoms with E-state index in [-0.39, 0.29) is 29.1 Å². The van der Waals surface area contributed by atoms with Crippen LogP contribution in [0, 0.1) is 0 Å². The Balaban J connectivity index is 1.67. The first-order valence-corrected chi connectivity index (χ1v) is 15.6. The number of benzene rings is 3. The lowest BCUT2D eigenvalue weighted by molar-refractivity contribution is -0.139. The number of para-hydroxylation sites is 2. The fraction of sp³-hybridized carbons (Fsp3) is 0.375. The molecule has 0 bridgehead atoms. The first kappa shape index (κ1) is 30.9. The number of nitrogens with zero attached hydrogens (tertiary/aromatic N) is 2. The van der Waals surface area contributed by atoms with Crippen LogP contribution in [0.4, 0.5) is 5.69 Å². The molecule has 2 amide bonds. The molecule has 1 N–H and O–H groups in total. The van der Waals surface area contributed by atoms with Crippen LogP contribution >= 0.6 is 0 Å². The Kier molecular flexibility index (Phi) is 10.5. The van der Waals surface area contributed by atoms with Crippen molar-refractivity contribution in [3.05, 3.63) is 84.4 Å². The lowest BCUT2D eigenvalue weighted by Crippen LogP contribution is -2.53. The van der Waals surface area contributed by atoms with Gasteiger partial charge in [-0.25, -0.2) is 8.42 Å². The van der Waals surface area contributed by atoms with Crippen molar-refractivity contribution < 1.29 is 27.5 Å². The van der Waals surface area contributed by atoms with Gasteiger partial charge in [0, 0.05) is 12.6 Å². The zero-order chi connectivity index (χ0) is 30.1. The first-order chi connectivity index (χ1) is 20.2. The molecule has 0 aromatic heterocycles. The number of methoxy groups -OCH3 is 2. The predicted molar refractivity (Wildman–Crippen MR) is 162 cm³/mol. The minimum Gasteiger partial charge on any atom is -0.497 e. The molecule has 1 aliphatic rings. The van der Waals surface area contributed by atoms with Crippen LogP contribution < -0.4 is 19.1 Å². The third kappa shape index (κ3) is 7.42. The Bertz CT molecular complexity index is 1440. The van der Waals surface area contributed by atoms with Crippen LogP contribution in [0.15, 0.2) is 83.8 Å². The third-order valence-corrected chi connectivity index (χ3v) is 9.41. The number of carbonyl (C=O) groups excluding carboxylic acids is 2. The molecule has 0 radical (unpaired) electrons. The van der Waals surface area contributed by atoms with Crippen LogP contribution in [0.25, 0.3) is 0 Å². The molecule has 3 aromatic carbocycles. The number of hydrogen-bond donors (Lipinski definition) is 1. The minimum absolute atomic E-state index is 0.00938. The van der Waals surface area contributed by atoms with Gasteiger partial charge in [-0.3, -0.25) is 13.9 Å². The number of nitrogens with one attached hydrogen (secondary N) is 1. The Morgan fingerprint density at radius 2 is 1.55 bits per heavy atom. The quantitative estimate of drug-likeness (QED) is 0.315. The average Bonchev–Trinajstić information content (AvgIpc) is 3.53. The Hall–Kier alpha value is -4.05. The molecule has 1 atom stereocenters. The Morgan fingerprint density at radius 1 is 0.905 bits per heavy atom. The number of amides is 2. The fourth-order valence-electron chi connectivity index (χ4n) is 5.19. The summed E-state index contributed by atoms with van der Waals surface area (Å²) in [5.74, 6) is 0.0569. The summed E-state index contributed by atoms with van der Waals surface area (Å²) in [6, 6.07) is 21.6. The molecule has 0 heterocycles. The van der Waals surface area contributed by atoms with Crippen LogP contribution in [0.2, 0.25) is 0 Å². The molecular formula is C32H39N3O6S. The molecule has 0 saturated heterocycles. The second-order valence-corrected chi connectivity index (χ2v) is 12.2. The van der Waals surface area contributed by atoms with Gasteiger partial charge in [0.15, 0.2) is 0 Å². The van der Waals surface area contributed by atoms with Crippen molar-refractivity contribution in [2.45, 2.75) is 56.0 Å². The van der Waals surface area contributed by atoms with Gasteiger partial charge in [0.25, 0.3) is 10.0 Å². The molecule has 224 valence electrons. The highest BCUT2D eigenvalue weighted by atomic mass is 32.2. The van der Waals surface area contributed by atoms with Gasteiger partial charge >= 0.3 is 0 Å². The van der Waals surface area contributed by atoms with Gasteiger partial charge < -0.3 is 19.7 Å². The summed E-state index contributed by atoms with van der Waals surface area (Å²) in [5.41, 5.74) is 1.22. The van der Waals surface area contributed by atoms with Gasteiger partial charge in [-0.2, -0.15) is 0 Å². The maximum absolute atomic E-state index is 14.1. The summed E-state index contributed by atoms with van der Waals surface area (Å²) in [6.45, 7) is 1.41. The summed E-state index contributed by atoms with van der Waals surface area (Å²) in [4.78, 5) is 28.9. The van der Waals surface area contributed by atoms with Crippen molar-refractivity contribution in [1.82, 2.24) is 10.2 Å². The highest BCUT2D eigenvalue weighted by Gasteiger charge is 2.34. The molecule has 1 aliphatic carbocycles. The van der Waals surface area contributed by atoms with E-state index in [1.54, 1.807) is 43.3 Å². The highest BCUT2D eigenvalue weighted by Crippen LogP contribution is 2.33. The fourth-order valence-corrected chi connectivity index (χ4v) is 6.61. The molecule has 0 unspecified atom stereocenters. The van der Waals surface area contributed by atoms with Gasteiger partial charge in [0.2, 0.25) is 11.8 Å². The summed E-state index contributed by atoms with van der Waals surface area (Å²) in [5, 5.41) is 3.09. The predicted octanol–water partition coefficient (Wildman–Crippen LogP) is 4.42. The lowest BCUT2D eigenvalue weighted by Gasteiger charge is -2.32. The van der Waals surface area contributed by atoms with E-state index in [1.807, 2.05) is 30.3 Å². The van der Waals surface area contributed by atoms with Gasteiger partial charge in [0.05, 0.1) is 24.8 Å². The number of anilines is 1. The Morgan fingerprint density at radius 3 is 2.19 bits per heavy atom. The summed E-state index contributed by atoms with van der Waals surface area (Å²) < 4.78 is 39.8. The zero-order valence-corrected chi connectivity index (χ0v) is 25.2. The smallest absolute Gasteiger partial charge is 0.264 e. The topological polar surface area (TPSA) is 105 Å². The molecule has 0 aliphatic heterocycles. The van der Waals surface area contributed by atoms with E-state index in [1.165, 1.54) is 31.3 Å². The van der Waals surface area contributed by atoms with E-state index in [0.29, 0.717) is 17.9 Å². The maximum Gasteiger partial charge on any atom is 0.264 e. The number of sulfonamides is 1. The van der Waals surface area contributed by atoms with E-state index in [4.69, 9.17) is 9.47 Å². The second-order valence-electron chi connectivity index (χ2n) is 10.3. The van der Waals surface area contributed by atoms with Crippen molar-refractivity contribution in [2.24, 2.45) is 0 Å². The number of hydrogen-bond acceptors (Lipinski definition) is 6. The normalized spacial score (nSPS) is 14.2. The van der Waals surface area contributed by atoms with E-state index < -0.39 is 28.5 Å². The van der Waals surface area contributed by atoms with E-state index in [0.717, 1.165) is 35.6 Å². The van der Waals surface area contributed by atoms with Crippen LogP contribution in [-0.2, 0) is 26.0 Å². The van der Waals surface area contributed by atoms with Crippen molar-refractivity contribution in [3.8, 4) is 11.5 Å². The lowest BCUT2D eigenvalue weighted by atomic mass is 10.1. The molecule has 4 rings (SSSR count). The molecule has 10 heteroatoms. The van der Waals surface area contributed by atoms with Crippen LogP contribution in [-0.4, -0.2) is 64.5 Å². The monoisotopic (exact) mass is 593 g/mol. The Labute approximate surface area is 248 Å². The molecule has 0 spiro atoms. The SMILES string of the molecule is COc1ccc(S(=O)(=O)N(CC(=O)N(CCc2ccccc2)[C@H](C)C(=O)NC2CCCC2)c2ccccc2OC)cc1. The molecular weight excluding hydrogens is 554 g/mol. The zero-order valence-electron chi connectivity index (χ0n) is 24.4. The summed E-state index contributed by atoms with van der Waals surface area (Å²) >= 11 is 0. The number of carbonyl (C=O) groups is 2. The van der Waals surface area contributed by atoms with Gasteiger partial charge in [-0.1, -0.05) is 55.3 Å². The average molecular weight is 594 g/mol. The van der Waals surface area contributed by atoms with Crippen LogP contribution in [0.1, 0.15) is 38.2 Å². The third-order valence-electron chi connectivity index (χ3n) is 7.63. The van der Waals surface area contributed by atoms with Crippen LogP contribution in [0.5, 0.6) is 11.5 Å². The van der Waals surface area contributed by atoms with Crippen molar-refractivity contribution in [2.75, 3.05) is 31.6 Å². The number of ether oxygens (including phenoxy) is 2. The molecule has 1 fully saturated rings. The van der Waals surface area contributed by atoms with Gasteiger partial charge in [0.1, 0.15) is 24.1 Å². The number of rotatable bonds is 13. The first-order valence-electron chi connectivity index (χ1n) is 14.2. The minimum atomic E-state index is -4.22. The van der Waals surface area contributed by atoms with E-state index in [2.05, 4.69) is 5.32 Å². The van der Waals surface area contributed by atoms with Crippen molar-refractivity contribution >= 4 is 27.5 Å². The van der Waals surface area contributed by atoms with E-state index >= 15 is 0 Å². The molecule has 42 heavy (non-hydrogen) atoms. The van der Waals surface area contributed by atoms with Gasteiger partial charge in [-0.05, 0) is 68.1 Å². The largest absolute Gasteiger partial charge is 0.497 e. The molecule has 3 aromatic rings. The van der Waals surface area contributed by atoms with Gasteiger partial charge in [-0.15, -0.1) is 0 Å². The highest BCUT2D eigenvalue weighted by molar-refractivity contribution is 7.92. The standard InChI is InChI=1S/C32H39N3O6S/c1-24(32(37)33-26-13-7-8-14-26)34(22-21-25-11-5-4-6-12-25)31(36)23-35(29-15-9-10-16-30(29)41-3)42(38,39)28-19-17-27(40-2)18-20-28/h4-6,9-12,15-20,24,26H,7-8,13-14,21-23H2,1-3H3,(H,33,37)/t24-/m1/s1. The van der Waals surface area contributed by atoms with Crippen LogP contribution in [0.3, 0.4) is 0 Å². The summed E-state index contributed by atoms with van der Waals surface area (Å²) in [6.07, 6.45) is 4.46. The maximum atomic E-state index is 14.1. The second kappa shape index (κ2) is 14.2. The van der Waals surface area contributed by atoms with E-state index in [9.17, 15) is 18.0 Å². The molecule has 1 saturated carbocycles. The summed E-state index contributed by atoms with van der Waals surface area (Å²) in [7, 11) is -1.28. The van der Waals surface area contributed by atoms with Crippen molar-refractivity contribution in [1.29, 1.82) is 0 Å². The van der Waals surface area contributed by atoms with Crippen molar-refractivity contribution in [3.63, 3.8) is 0 Å². The molecule has 9 nitrogen and oxygen atoms in total.